The number of ether oxygens (including phenoxy) is 1. The molecule has 0 atom stereocenters. The number of halogens is 1. The molecule has 15 heavy (non-hydrogen) atoms. The summed E-state index contributed by atoms with van der Waals surface area (Å²) < 4.78 is 5.37. The van der Waals surface area contributed by atoms with E-state index in [9.17, 15) is 4.79 Å². The number of carbonyl (C=O) groups is 1. The zero-order valence-electron chi connectivity index (χ0n) is 8.03. The summed E-state index contributed by atoms with van der Waals surface area (Å²) in [6, 6.07) is 7.32. The molecule has 0 saturated carbocycles. The normalized spacial score (nSPS) is 10.3. The number of hydrogen-bond donors (Lipinski definition) is 0. The minimum Gasteiger partial charge on any atom is -0.465 e. The number of esters is 1. The van der Waals surface area contributed by atoms with Gasteiger partial charge in [-0.05, 0) is 33.4 Å². The number of fused-ring (bicyclic) bond motifs is 1. The van der Waals surface area contributed by atoms with Crippen molar-refractivity contribution in [3.05, 3.63) is 40.6 Å². The minimum atomic E-state index is -0.352. The smallest absolute Gasteiger partial charge is 0.338 e. The number of methoxy groups -OCH3 is 1. The summed E-state index contributed by atoms with van der Waals surface area (Å²) in [6.45, 7) is 0. The van der Waals surface area contributed by atoms with Crippen LogP contribution in [0, 0.1) is 0 Å². The van der Waals surface area contributed by atoms with Crippen LogP contribution in [0.25, 0.3) is 10.8 Å². The third-order valence-electron chi connectivity index (χ3n) is 2.15. The first kappa shape index (κ1) is 10.1. The van der Waals surface area contributed by atoms with Crippen LogP contribution in [0.4, 0.5) is 0 Å². The molecule has 0 aliphatic heterocycles. The molecule has 1 heterocycles. The van der Waals surface area contributed by atoms with Crippen LogP contribution < -0.4 is 0 Å². The van der Waals surface area contributed by atoms with Crippen molar-refractivity contribution >= 4 is 32.7 Å². The summed E-state index contributed by atoms with van der Waals surface area (Å²) in [4.78, 5) is 15.6. The molecule has 1 aromatic heterocycles. The molecule has 4 heteroatoms. The molecule has 0 aliphatic rings. The van der Waals surface area contributed by atoms with Crippen molar-refractivity contribution in [2.75, 3.05) is 7.11 Å². The molecule has 0 saturated heterocycles. The van der Waals surface area contributed by atoms with Gasteiger partial charge in [0, 0.05) is 11.6 Å². The fourth-order valence-electron chi connectivity index (χ4n) is 1.47. The van der Waals surface area contributed by atoms with Gasteiger partial charge in [0.05, 0.1) is 12.7 Å². The summed E-state index contributed by atoms with van der Waals surface area (Å²) in [5.41, 5.74) is 0.523. The second-order valence-corrected chi connectivity index (χ2v) is 3.75. The lowest BCUT2D eigenvalue weighted by atomic mass is 10.1. The Kier molecular flexibility index (Phi) is 2.68. The Morgan fingerprint density at radius 1 is 1.40 bits per heavy atom. The number of hydrogen-bond acceptors (Lipinski definition) is 3. The van der Waals surface area contributed by atoms with Crippen molar-refractivity contribution < 1.29 is 9.53 Å². The van der Waals surface area contributed by atoms with Crippen molar-refractivity contribution in [1.29, 1.82) is 0 Å². The minimum absolute atomic E-state index is 0.352. The molecule has 2 rings (SSSR count). The average Bonchev–Trinajstić information content (AvgIpc) is 2.28. The Morgan fingerprint density at radius 3 is 2.93 bits per heavy atom. The first-order valence-corrected chi connectivity index (χ1v) is 5.15. The molecule has 0 N–H and O–H groups in total. The molecule has 0 fully saturated rings. The van der Waals surface area contributed by atoms with Crippen LogP contribution >= 0.6 is 15.9 Å². The van der Waals surface area contributed by atoms with E-state index in [-0.39, 0.29) is 5.97 Å². The highest BCUT2D eigenvalue weighted by atomic mass is 79.9. The van der Waals surface area contributed by atoms with Gasteiger partial charge < -0.3 is 4.74 Å². The van der Waals surface area contributed by atoms with Gasteiger partial charge in [-0.2, -0.15) is 0 Å². The Balaban J connectivity index is 2.80. The number of carbonyl (C=O) groups excluding carboxylic acids is 1. The summed E-state index contributed by atoms with van der Waals surface area (Å²) >= 11 is 3.33. The van der Waals surface area contributed by atoms with E-state index in [4.69, 9.17) is 4.74 Å². The van der Waals surface area contributed by atoms with Gasteiger partial charge in [0.15, 0.2) is 0 Å². The molecule has 0 radical (unpaired) electrons. The molecule has 1 aromatic carbocycles. The monoisotopic (exact) mass is 265 g/mol. The maximum absolute atomic E-state index is 11.5. The number of aromatic nitrogens is 1. The topological polar surface area (TPSA) is 39.2 Å². The standard InChI is InChI=1S/C11H8BrNO2/c1-15-11(14)8-4-2-3-7-5-6-13-10(12)9(7)8/h2-6H,1H3. The Labute approximate surface area is 95.2 Å². The van der Waals surface area contributed by atoms with Crippen LogP contribution in [-0.2, 0) is 4.74 Å². The highest BCUT2D eigenvalue weighted by molar-refractivity contribution is 9.10. The first-order valence-electron chi connectivity index (χ1n) is 4.35. The van der Waals surface area contributed by atoms with Crippen molar-refractivity contribution in [1.82, 2.24) is 4.98 Å². The fourth-order valence-corrected chi connectivity index (χ4v) is 2.03. The Morgan fingerprint density at radius 2 is 2.20 bits per heavy atom. The van der Waals surface area contributed by atoms with Gasteiger partial charge in [-0.1, -0.05) is 12.1 Å². The highest BCUT2D eigenvalue weighted by Gasteiger charge is 2.12. The van der Waals surface area contributed by atoms with Crippen LogP contribution in [0.2, 0.25) is 0 Å². The van der Waals surface area contributed by atoms with Crippen molar-refractivity contribution in [2.24, 2.45) is 0 Å². The fraction of sp³-hybridized carbons (Fsp3) is 0.0909. The molecule has 2 aromatic rings. The Hall–Kier alpha value is -1.42. The summed E-state index contributed by atoms with van der Waals surface area (Å²) in [5, 5.41) is 1.74. The van der Waals surface area contributed by atoms with Crippen LogP contribution in [-0.4, -0.2) is 18.1 Å². The third-order valence-corrected chi connectivity index (χ3v) is 2.75. The molecular formula is C11H8BrNO2. The van der Waals surface area contributed by atoms with Crippen LogP contribution in [0.1, 0.15) is 10.4 Å². The molecule has 0 amide bonds. The van der Waals surface area contributed by atoms with Gasteiger partial charge in [0.2, 0.25) is 0 Å². The van der Waals surface area contributed by atoms with Gasteiger partial charge in [-0.3, -0.25) is 0 Å². The molecule has 0 aliphatic carbocycles. The van der Waals surface area contributed by atoms with Gasteiger partial charge in [-0.15, -0.1) is 0 Å². The van der Waals surface area contributed by atoms with E-state index in [1.807, 2.05) is 18.2 Å². The number of pyridine rings is 1. The van der Waals surface area contributed by atoms with E-state index >= 15 is 0 Å². The second-order valence-electron chi connectivity index (χ2n) is 3.00. The molecule has 0 bridgehead atoms. The molecule has 0 unspecified atom stereocenters. The zero-order valence-corrected chi connectivity index (χ0v) is 9.61. The number of benzene rings is 1. The predicted molar refractivity (Wildman–Crippen MR) is 60.8 cm³/mol. The molecular weight excluding hydrogens is 258 g/mol. The van der Waals surface area contributed by atoms with Crippen molar-refractivity contribution in [3.63, 3.8) is 0 Å². The number of rotatable bonds is 1. The Bertz CT molecular complexity index is 520. The van der Waals surface area contributed by atoms with Gasteiger partial charge in [0.1, 0.15) is 4.60 Å². The van der Waals surface area contributed by atoms with Crippen LogP contribution in [0.15, 0.2) is 35.1 Å². The lowest BCUT2D eigenvalue weighted by Crippen LogP contribution is -2.02. The predicted octanol–water partition coefficient (Wildman–Crippen LogP) is 2.78. The first-order chi connectivity index (χ1) is 7.24. The quantitative estimate of drug-likeness (QED) is 0.588. The van der Waals surface area contributed by atoms with E-state index in [1.54, 1.807) is 12.3 Å². The molecule has 0 spiro atoms. The maximum Gasteiger partial charge on any atom is 0.338 e. The van der Waals surface area contributed by atoms with E-state index in [2.05, 4.69) is 20.9 Å². The maximum atomic E-state index is 11.5. The molecule has 76 valence electrons. The van der Waals surface area contributed by atoms with Crippen LogP contribution in [0.5, 0.6) is 0 Å². The second kappa shape index (κ2) is 3.98. The van der Waals surface area contributed by atoms with Crippen LogP contribution in [0.3, 0.4) is 0 Å². The highest BCUT2D eigenvalue weighted by Crippen LogP contribution is 2.25. The summed E-state index contributed by atoms with van der Waals surface area (Å²) in [6.07, 6.45) is 1.69. The third kappa shape index (κ3) is 1.72. The van der Waals surface area contributed by atoms with E-state index in [0.717, 1.165) is 10.8 Å². The summed E-state index contributed by atoms with van der Waals surface area (Å²) in [7, 11) is 1.37. The lowest BCUT2D eigenvalue weighted by Gasteiger charge is -2.05. The van der Waals surface area contributed by atoms with Crippen molar-refractivity contribution in [2.45, 2.75) is 0 Å². The van der Waals surface area contributed by atoms with E-state index in [1.165, 1.54) is 7.11 Å². The van der Waals surface area contributed by atoms with E-state index < -0.39 is 0 Å². The van der Waals surface area contributed by atoms with Gasteiger partial charge in [-0.25, -0.2) is 9.78 Å². The average molecular weight is 266 g/mol. The van der Waals surface area contributed by atoms with Gasteiger partial charge >= 0.3 is 5.97 Å². The lowest BCUT2D eigenvalue weighted by molar-refractivity contribution is 0.0603. The SMILES string of the molecule is COC(=O)c1cccc2ccnc(Br)c12. The largest absolute Gasteiger partial charge is 0.465 e. The van der Waals surface area contributed by atoms with Crippen molar-refractivity contribution in [3.8, 4) is 0 Å². The number of nitrogens with zero attached hydrogens (tertiary/aromatic N) is 1. The van der Waals surface area contributed by atoms with E-state index in [0.29, 0.717) is 10.2 Å². The zero-order chi connectivity index (χ0) is 10.8. The van der Waals surface area contributed by atoms with Gasteiger partial charge in [0.25, 0.3) is 0 Å². The summed E-state index contributed by atoms with van der Waals surface area (Å²) in [5.74, 6) is -0.352. The molecule has 3 nitrogen and oxygen atoms in total.